The molecule has 0 aliphatic carbocycles. The summed E-state index contributed by atoms with van der Waals surface area (Å²) in [6.45, 7) is 7.84. The molecule has 3 aromatic rings. The van der Waals surface area contributed by atoms with Crippen molar-refractivity contribution in [2.75, 3.05) is 6.54 Å². The topological polar surface area (TPSA) is 62.4 Å². The molecule has 1 aliphatic heterocycles. The molecule has 0 atom stereocenters. The molecule has 0 saturated heterocycles. The Labute approximate surface area is 180 Å². The van der Waals surface area contributed by atoms with Crippen molar-refractivity contribution < 1.29 is 18.7 Å². The number of nitrogens with zero attached hydrogens (tertiary/aromatic N) is 1. The first-order valence-corrected chi connectivity index (χ1v) is 10.3. The maximum Gasteiger partial charge on any atom is 0.342 e. The molecule has 0 bridgehead atoms. The lowest BCUT2D eigenvalue weighted by molar-refractivity contribution is -0.140. The molecule has 0 unspecified atom stereocenters. The van der Waals surface area contributed by atoms with Gasteiger partial charge < -0.3 is 14.6 Å². The van der Waals surface area contributed by atoms with Gasteiger partial charge in [0.2, 0.25) is 0 Å². The van der Waals surface area contributed by atoms with Crippen LogP contribution in [0.25, 0.3) is 16.5 Å². The van der Waals surface area contributed by atoms with E-state index in [9.17, 15) is 14.0 Å². The zero-order valence-electron chi connectivity index (χ0n) is 18.0. The van der Waals surface area contributed by atoms with Gasteiger partial charge in [0.1, 0.15) is 5.82 Å². The van der Waals surface area contributed by atoms with Crippen LogP contribution in [-0.4, -0.2) is 34.4 Å². The molecule has 2 aromatic carbocycles. The number of hydrogen-bond donors (Lipinski definition) is 1. The van der Waals surface area contributed by atoms with Crippen LogP contribution in [0.3, 0.4) is 0 Å². The molecular weight excluding hydrogens is 395 g/mol. The van der Waals surface area contributed by atoms with Crippen molar-refractivity contribution in [3.05, 3.63) is 77.4 Å². The number of halogens is 1. The standard InChI is InChI=1S/C25H25FN2O3/c1-15(2)31-24(30)18-13-28(23(29)16-9-5-7-11-19(16)26)14-25(3,4)21-17-10-6-8-12-20(17)27-22(18)21/h5-13,15,27H,14H2,1-4H3. The number of carbonyl (C=O) groups is 2. The van der Waals surface area contributed by atoms with Gasteiger partial charge in [0.15, 0.2) is 0 Å². The Hall–Kier alpha value is -3.41. The van der Waals surface area contributed by atoms with Gasteiger partial charge in [-0.05, 0) is 37.6 Å². The maximum absolute atomic E-state index is 14.4. The van der Waals surface area contributed by atoms with Crippen molar-refractivity contribution in [2.45, 2.75) is 39.2 Å². The maximum atomic E-state index is 14.4. The summed E-state index contributed by atoms with van der Waals surface area (Å²) >= 11 is 0. The van der Waals surface area contributed by atoms with E-state index in [0.717, 1.165) is 16.5 Å². The molecule has 1 N–H and O–H groups in total. The second-order valence-electron chi connectivity index (χ2n) is 8.71. The minimum Gasteiger partial charge on any atom is -0.459 e. The SMILES string of the molecule is CC(C)OC(=O)C1=CN(C(=O)c2ccccc2F)CC(C)(C)c2c1[nH]c1ccccc21. The van der Waals surface area contributed by atoms with Crippen LogP contribution in [0.2, 0.25) is 0 Å². The molecule has 1 amide bonds. The predicted molar refractivity (Wildman–Crippen MR) is 118 cm³/mol. The number of ether oxygens (including phenoxy) is 1. The normalized spacial score (nSPS) is 15.4. The number of rotatable bonds is 3. The summed E-state index contributed by atoms with van der Waals surface area (Å²) in [5.74, 6) is -1.64. The fourth-order valence-electron chi connectivity index (χ4n) is 4.17. The minimum absolute atomic E-state index is 0.0402. The highest BCUT2D eigenvalue weighted by molar-refractivity contribution is 6.18. The van der Waals surface area contributed by atoms with Crippen molar-refractivity contribution in [1.82, 2.24) is 9.88 Å². The van der Waals surface area contributed by atoms with E-state index in [1.165, 1.54) is 29.3 Å². The van der Waals surface area contributed by atoms with Crippen LogP contribution in [-0.2, 0) is 14.9 Å². The molecular formula is C25H25FN2O3. The summed E-state index contributed by atoms with van der Waals surface area (Å²) < 4.78 is 19.8. The summed E-state index contributed by atoms with van der Waals surface area (Å²) in [5, 5.41) is 0.978. The Balaban J connectivity index is 1.91. The van der Waals surface area contributed by atoms with Crippen LogP contribution in [0.5, 0.6) is 0 Å². The number of H-pyrrole nitrogens is 1. The number of amides is 1. The Morgan fingerprint density at radius 2 is 1.77 bits per heavy atom. The molecule has 1 aromatic heterocycles. The molecule has 0 radical (unpaired) electrons. The molecule has 0 saturated carbocycles. The minimum atomic E-state index is -0.599. The average molecular weight is 420 g/mol. The highest BCUT2D eigenvalue weighted by Gasteiger charge is 2.38. The Kier molecular flexibility index (Phi) is 5.17. The summed E-state index contributed by atoms with van der Waals surface area (Å²) in [5.41, 5.74) is 2.14. The van der Waals surface area contributed by atoms with E-state index < -0.39 is 23.1 Å². The van der Waals surface area contributed by atoms with Crippen LogP contribution in [0.15, 0.2) is 54.7 Å². The van der Waals surface area contributed by atoms with Crippen LogP contribution in [0.4, 0.5) is 4.39 Å². The fourth-order valence-corrected chi connectivity index (χ4v) is 4.17. The third kappa shape index (κ3) is 3.74. The lowest BCUT2D eigenvalue weighted by atomic mass is 9.81. The first-order chi connectivity index (χ1) is 14.7. The Morgan fingerprint density at radius 1 is 1.10 bits per heavy atom. The zero-order valence-corrected chi connectivity index (χ0v) is 18.0. The molecule has 0 spiro atoms. The molecule has 0 fully saturated rings. The van der Waals surface area contributed by atoms with Gasteiger partial charge in [-0.1, -0.05) is 44.2 Å². The van der Waals surface area contributed by atoms with E-state index >= 15 is 0 Å². The number of aromatic amines is 1. The van der Waals surface area contributed by atoms with Gasteiger partial charge in [-0.2, -0.15) is 0 Å². The van der Waals surface area contributed by atoms with Crippen LogP contribution in [0, 0.1) is 5.82 Å². The lowest BCUT2D eigenvalue weighted by Gasteiger charge is -2.29. The number of benzene rings is 2. The third-order valence-electron chi connectivity index (χ3n) is 5.43. The number of esters is 1. The van der Waals surface area contributed by atoms with Crippen molar-refractivity contribution in [2.24, 2.45) is 0 Å². The number of para-hydroxylation sites is 1. The summed E-state index contributed by atoms with van der Waals surface area (Å²) in [6.07, 6.45) is 1.16. The fraction of sp³-hybridized carbons (Fsp3) is 0.280. The van der Waals surface area contributed by atoms with Gasteiger partial charge in [0.05, 0.1) is 22.9 Å². The first kappa shape index (κ1) is 20.8. The van der Waals surface area contributed by atoms with E-state index in [1.54, 1.807) is 19.9 Å². The van der Waals surface area contributed by atoms with Gasteiger partial charge in [0.25, 0.3) is 5.91 Å². The number of carbonyl (C=O) groups excluding carboxylic acids is 2. The van der Waals surface area contributed by atoms with Gasteiger partial charge >= 0.3 is 5.97 Å². The van der Waals surface area contributed by atoms with Crippen molar-refractivity contribution in [3.8, 4) is 0 Å². The molecule has 31 heavy (non-hydrogen) atoms. The number of fused-ring (bicyclic) bond motifs is 3. The molecule has 1 aliphatic rings. The number of hydrogen-bond acceptors (Lipinski definition) is 3. The molecule has 160 valence electrons. The Morgan fingerprint density at radius 3 is 2.48 bits per heavy atom. The van der Waals surface area contributed by atoms with Gasteiger partial charge in [-0.15, -0.1) is 0 Å². The number of aromatic nitrogens is 1. The summed E-state index contributed by atoms with van der Waals surface area (Å²) in [7, 11) is 0. The Bertz CT molecular complexity index is 1210. The van der Waals surface area contributed by atoms with Crippen molar-refractivity contribution in [3.63, 3.8) is 0 Å². The van der Waals surface area contributed by atoms with Crippen molar-refractivity contribution >= 4 is 28.4 Å². The van der Waals surface area contributed by atoms with E-state index in [-0.39, 0.29) is 23.8 Å². The number of nitrogens with one attached hydrogen (secondary N) is 1. The zero-order chi connectivity index (χ0) is 22.3. The van der Waals surface area contributed by atoms with E-state index in [0.29, 0.717) is 5.69 Å². The van der Waals surface area contributed by atoms with Crippen LogP contribution in [0.1, 0.15) is 49.3 Å². The van der Waals surface area contributed by atoms with Crippen LogP contribution >= 0.6 is 0 Å². The second kappa shape index (κ2) is 7.69. The summed E-state index contributed by atoms with van der Waals surface area (Å²) in [6, 6.07) is 13.7. The monoisotopic (exact) mass is 420 g/mol. The van der Waals surface area contributed by atoms with Crippen LogP contribution < -0.4 is 0 Å². The average Bonchev–Trinajstić information content (AvgIpc) is 3.05. The van der Waals surface area contributed by atoms with Gasteiger partial charge in [-0.3, -0.25) is 4.79 Å². The summed E-state index contributed by atoms with van der Waals surface area (Å²) in [4.78, 5) is 31.1. The highest BCUT2D eigenvalue weighted by Crippen LogP contribution is 2.40. The quantitative estimate of drug-likeness (QED) is 0.605. The predicted octanol–water partition coefficient (Wildman–Crippen LogP) is 5.03. The highest BCUT2D eigenvalue weighted by atomic mass is 19.1. The molecule has 2 heterocycles. The molecule has 4 rings (SSSR count). The van der Waals surface area contributed by atoms with Gasteiger partial charge in [-0.25, -0.2) is 9.18 Å². The van der Waals surface area contributed by atoms with E-state index in [2.05, 4.69) is 4.98 Å². The van der Waals surface area contributed by atoms with E-state index in [4.69, 9.17) is 4.74 Å². The second-order valence-corrected chi connectivity index (χ2v) is 8.71. The lowest BCUT2D eigenvalue weighted by Crippen LogP contribution is -2.37. The molecule has 5 nitrogen and oxygen atoms in total. The van der Waals surface area contributed by atoms with Gasteiger partial charge in [0, 0.05) is 29.1 Å². The third-order valence-corrected chi connectivity index (χ3v) is 5.43. The first-order valence-electron chi connectivity index (χ1n) is 10.3. The smallest absolute Gasteiger partial charge is 0.342 e. The van der Waals surface area contributed by atoms with E-state index in [1.807, 2.05) is 38.1 Å². The van der Waals surface area contributed by atoms with Crippen molar-refractivity contribution in [1.29, 1.82) is 0 Å². The largest absolute Gasteiger partial charge is 0.459 e. The molecule has 6 heteroatoms.